The SMILES string of the molecule is NC(=S)c1cccc(OCCn2ccc(=O)cc2)c1. The third kappa shape index (κ3) is 3.93. The number of nitrogens with zero attached hydrogens (tertiary/aromatic N) is 1. The predicted molar refractivity (Wildman–Crippen MR) is 78.5 cm³/mol. The number of hydrogen-bond donors (Lipinski definition) is 1. The summed E-state index contributed by atoms with van der Waals surface area (Å²) < 4.78 is 7.50. The highest BCUT2D eigenvalue weighted by atomic mass is 32.1. The highest BCUT2D eigenvalue weighted by Crippen LogP contribution is 2.13. The molecule has 2 N–H and O–H groups in total. The van der Waals surface area contributed by atoms with Crippen LogP contribution < -0.4 is 15.9 Å². The van der Waals surface area contributed by atoms with E-state index in [4.69, 9.17) is 22.7 Å². The molecule has 0 aliphatic heterocycles. The third-order valence-electron chi connectivity index (χ3n) is 2.60. The summed E-state index contributed by atoms with van der Waals surface area (Å²) >= 11 is 4.91. The van der Waals surface area contributed by atoms with Crippen molar-refractivity contribution in [2.45, 2.75) is 6.54 Å². The number of rotatable bonds is 5. The molecular formula is C14H14N2O2S. The first-order valence-corrected chi connectivity index (χ1v) is 6.25. The highest BCUT2D eigenvalue weighted by Gasteiger charge is 1.99. The molecule has 1 aromatic carbocycles. The van der Waals surface area contributed by atoms with Gasteiger partial charge in [0.05, 0.1) is 6.54 Å². The van der Waals surface area contributed by atoms with E-state index in [1.807, 2.05) is 28.8 Å². The monoisotopic (exact) mass is 274 g/mol. The summed E-state index contributed by atoms with van der Waals surface area (Å²) in [7, 11) is 0. The number of ether oxygens (including phenoxy) is 1. The second-order valence-electron chi connectivity index (χ2n) is 4.01. The van der Waals surface area contributed by atoms with E-state index < -0.39 is 0 Å². The van der Waals surface area contributed by atoms with Crippen LogP contribution in [0.25, 0.3) is 0 Å². The zero-order valence-corrected chi connectivity index (χ0v) is 11.1. The summed E-state index contributed by atoms with van der Waals surface area (Å²) in [4.78, 5) is 11.3. The molecule has 0 unspecified atom stereocenters. The fourth-order valence-electron chi connectivity index (χ4n) is 1.60. The number of pyridine rings is 1. The molecule has 1 heterocycles. The Morgan fingerprint density at radius 1 is 1.26 bits per heavy atom. The van der Waals surface area contributed by atoms with Gasteiger partial charge >= 0.3 is 0 Å². The van der Waals surface area contributed by atoms with Crippen LogP contribution in [0, 0.1) is 0 Å². The van der Waals surface area contributed by atoms with Crippen molar-refractivity contribution in [3.05, 3.63) is 64.6 Å². The Labute approximate surface area is 116 Å². The molecule has 0 fully saturated rings. The average molecular weight is 274 g/mol. The van der Waals surface area contributed by atoms with E-state index in [-0.39, 0.29) is 5.43 Å². The van der Waals surface area contributed by atoms with Gasteiger partial charge in [-0.25, -0.2) is 0 Å². The van der Waals surface area contributed by atoms with Crippen LogP contribution in [-0.4, -0.2) is 16.2 Å². The lowest BCUT2D eigenvalue weighted by Gasteiger charge is -2.09. The highest BCUT2D eigenvalue weighted by molar-refractivity contribution is 7.80. The van der Waals surface area contributed by atoms with Crippen molar-refractivity contribution < 1.29 is 4.74 Å². The standard InChI is InChI=1S/C14H14N2O2S/c15-14(19)11-2-1-3-13(10-11)18-9-8-16-6-4-12(17)5-7-16/h1-7,10H,8-9H2,(H2,15,19). The number of hydrogen-bond acceptors (Lipinski definition) is 3. The predicted octanol–water partition coefficient (Wildman–Crippen LogP) is 1.56. The van der Waals surface area contributed by atoms with Crippen molar-refractivity contribution in [3.63, 3.8) is 0 Å². The summed E-state index contributed by atoms with van der Waals surface area (Å²) in [5.41, 5.74) is 6.35. The maximum absolute atomic E-state index is 10.9. The summed E-state index contributed by atoms with van der Waals surface area (Å²) in [5, 5.41) is 0. The molecule has 0 saturated carbocycles. The lowest BCUT2D eigenvalue weighted by atomic mass is 10.2. The van der Waals surface area contributed by atoms with Crippen molar-refractivity contribution >= 4 is 17.2 Å². The van der Waals surface area contributed by atoms with Gasteiger partial charge in [0.25, 0.3) is 0 Å². The minimum atomic E-state index is 0.00123. The first-order chi connectivity index (χ1) is 9.15. The third-order valence-corrected chi connectivity index (χ3v) is 2.83. The Morgan fingerprint density at radius 3 is 2.68 bits per heavy atom. The fraction of sp³-hybridized carbons (Fsp3) is 0.143. The molecule has 0 spiro atoms. The molecule has 19 heavy (non-hydrogen) atoms. The van der Waals surface area contributed by atoms with Crippen LogP contribution in [-0.2, 0) is 6.54 Å². The number of nitrogens with two attached hydrogens (primary N) is 1. The Kier molecular flexibility index (Phi) is 4.30. The van der Waals surface area contributed by atoms with Gasteiger partial charge in [-0.1, -0.05) is 24.4 Å². The van der Waals surface area contributed by atoms with Gasteiger partial charge in [-0.05, 0) is 12.1 Å². The van der Waals surface area contributed by atoms with E-state index in [9.17, 15) is 4.79 Å². The van der Waals surface area contributed by atoms with Gasteiger partial charge in [0, 0.05) is 30.1 Å². The summed E-state index contributed by atoms with van der Waals surface area (Å²) in [6.45, 7) is 1.17. The molecular weight excluding hydrogens is 260 g/mol. The maximum Gasteiger partial charge on any atom is 0.181 e. The molecule has 2 rings (SSSR count). The number of aromatic nitrogens is 1. The molecule has 0 aliphatic carbocycles. The van der Waals surface area contributed by atoms with Gasteiger partial charge in [-0.15, -0.1) is 0 Å². The topological polar surface area (TPSA) is 57.2 Å². The molecule has 0 amide bonds. The Bertz CT molecular complexity index is 617. The number of benzene rings is 1. The molecule has 1 aromatic heterocycles. The molecule has 0 radical (unpaired) electrons. The zero-order valence-electron chi connectivity index (χ0n) is 10.3. The molecule has 0 aliphatic rings. The van der Waals surface area contributed by atoms with Crippen molar-refractivity contribution in [2.24, 2.45) is 5.73 Å². The fourth-order valence-corrected chi connectivity index (χ4v) is 1.73. The van der Waals surface area contributed by atoms with Gasteiger partial charge in [-0.3, -0.25) is 4.79 Å². The van der Waals surface area contributed by atoms with E-state index in [2.05, 4.69) is 0 Å². The first-order valence-electron chi connectivity index (χ1n) is 5.84. The van der Waals surface area contributed by atoms with Crippen LogP contribution in [0.4, 0.5) is 0 Å². The van der Waals surface area contributed by atoms with Crippen molar-refractivity contribution in [2.75, 3.05) is 6.61 Å². The van der Waals surface area contributed by atoms with E-state index in [0.717, 1.165) is 11.3 Å². The summed E-state index contributed by atoms with van der Waals surface area (Å²) in [5.74, 6) is 0.728. The molecule has 5 heteroatoms. The van der Waals surface area contributed by atoms with Crippen molar-refractivity contribution in [3.8, 4) is 5.75 Å². The van der Waals surface area contributed by atoms with Crippen molar-refractivity contribution in [1.82, 2.24) is 4.57 Å². The van der Waals surface area contributed by atoms with Crippen LogP contribution in [0.5, 0.6) is 5.75 Å². The second-order valence-corrected chi connectivity index (χ2v) is 4.45. The van der Waals surface area contributed by atoms with E-state index in [1.165, 1.54) is 12.1 Å². The van der Waals surface area contributed by atoms with Crippen LogP contribution in [0.1, 0.15) is 5.56 Å². The molecule has 0 saturated heterocycles. The second kappa shape index (κ2) is 6.15. The lowest BCUT2D eigenvalue weighted by Crippen LogP contribution is -2.11. The zero-order chi connectivity index (χ0) is 13.7. The average Bonchev–Trinajstić information content (AvgIpc) is 2.41. The van der Waals surface area contributed by atoms with E-state index in [0.29, 0.717) is 18.1 Å². The maximum atomic E-state index is 10.9. The lowest BCUT2D eigenvalue weighted by molar-refractivity contribution is 0.298. The Morgan fingerprint density at radius 2 is 2.00 bits per heavy atom. The smallest absolute Gasteiger partial charge is 0.181 e. The molecule has 2 aromatic rings. The van der Waals surface area contributed by atoms with Gasteiger partial charge in [0.2, 0.25) is 0 Å². The van der Waals surface area contributed by atoms with E-state index in [1.54, 1.807) is 12.4 Å². The van der Waals surface area contributed by atoms with Gasteiger partial charge in [0.15, 0.2) is 5.43 Å². The minimum Gasteiger partial charge on any atom is -0.492 e. The first kappa shape index (κ1) is 13.3. The van der Waals surface area contributed by atoms with Crippen LogP contribution in [0.15, 0.2) is 53.6 Å². The Balaban J connectivity index is 1.92. The number of thiocarbonyl (C=S) groups is 1. The molecule has 98 valence electrons. The van der Waals surface area contributed by atoms with Gasteiger partial charge in [-0.2, -0.15) is 0 Å². The van der Waals surface area contributed by atoms with Crippen LogP contribution >= 0.6 is 12.2 Å². The van der Waals surface area contributed by atoms with Gasteiger partial charge < -0.3 is 15.0 Å². The summed E-state index contributed by atoms with van der Waals surface area (Å²) in [6.07, 6.45) is 3.47. The molecule has 0 atom stereocenters. The van der Waals surface area contributed by atoms with Gasteiger partial charge in [0.1, 0.15) is 17.3 Å². The minimum absolute atomic E-state index is 0.00123. The van der Waals surface area contributed by atoms with Crippen molar-refractivity contribution in [1.29, 1.82) is 0 Å². The quantitative estimate of drug-likeness (QED) is 0.841. The van der Waals surface area contributed by atoms with Crippen LogP contribution in [0.2, 0.25) is 0 Å². The molecule has 0 bridgehead atoms. The van der Waals surface area contributed by atoms with Crippen LogP contribution in [0.3, 0.4) is 0 Å². The molecule has 4 nitrogen and oxygen atoms in total. The largest absolute Gasteiger partial charge is 0.492 e. The normalized spacial score (nSPS) is 10.1. The van der Waals surface area contributed by atoms with E-state index >= 15 is 0 Å². The Hall–Kier alpha value is -2.14. The summed E-state index contributed by atoms with van der Waals surface area (Å²) in [6, 6.07) is 10.4.